The molecule has 0 amide bonds. The molecule has 1 heterocycles. The molecule has 20 heavy (non-hydrogen) atoms. The summed E-state index contributed by atoms with van der Waals surface area (Å²) in [6.07, 6.45) is 0.0734. The molecule has 0 atom stereocenters. The van der Waals surface area contributed by atoms with Gasteiger partial charge in [-0.1, -0.05) is 12.1 Å². The number of aryl methyl sites for hydroxylation is 2. The molecule has 0 saturated heterocycles. The van der Waals surface area contributed by atoms with E-state index in [-0.39, 0.29) is 6.42 Å². The Morgan fingerprint density at radius 2 is 1.95 bits per heavy atom. The summed E-state index contributed by atoms with van der Waals surface area (Å²) in [6.45, 7) is 4.28. The van der Waals surface area contributed by atoms with Gasteiger partial charge < -0.3 is 9.84 Å². The molecular weight excluding hydrogens is 256 g/mol. The Morgan fingerprint density at radius 3 is 2.50 bits per heavy atom. The molecule has 2 aromatic rings. The second-order valence-electron chi connectivity index (χ2n) is 4.64. The minimum absolute atomic E-state index is 0.0734. The first kappa shape index (κ1) is 14.1. The third-order valence-corrected chi connectivity index (χ3v) is 3.30. The molecule has 2 rings (SSSR count). The Balaban J connectivity index is 2.33. The minimum atomic E-state index is -0.816. The van der Waals surface area contributed by atoms with Crippen LogP contribution in [0.2, 0.25) is 0 Å². The third-order valence-electron chi connectivity index (χ3n) is 3.30. The molecule has 0 spiro atoms. The summed E-state index contributed by atoms with van der Waals surface area (Å²) >= 11 is 0. The number of rotatable bonds is 5. The molecular formula is C15H18N2O3. The average molecular weight is 274 g/mol. The zero-order valence-corrected chi connectivity index (χ0v) is 11.9. The zero-order chi connectivity index (χ0) is 14.7. The molecule has 0 aliphatic carbocycles. The number of hydrogen-bond acceptors (Lipinski definition) is 3. The minimum Gasteiger partial charge on any atom is -0.497 e. The molecule has 0 unspecified atom stereocenters. The maximum absolute atomic E-state index is 10.7. The lowest BCUT2D eigenvalue weighted by molar-refractivity contribution is -0.137. The monoisotopic (exact) mass is 274 g/mol. The first-order valence-electron chi connectivity index (χ1n) is 6.43. The van der Waals surface area contributed by atoms with Gasteiger partial charge in [-0.2, -0.15) is 5.10 Å². The molecule has 106 valence electrons. The number of benzene rings is 1. The highest BCUT2D eigenvalue weighted by Gasteiger charge is 2.14. The van der Waals surface area contributed by atoms with Crippen molar-refractivity contribution in [2.24, 2.45) is 0 Å². The van der Waals surface area contributed by atoms with Crippen LogP contribution in [0.3, 0.4) is 0 Å². The van der Waals surface area contributed by atoms with Gasteiger partial charge in [-0.15, -0.1) is 0 Å². The molecule has 1 aromatic carbocycles. The number of ether oxygens (including phenoxy) is 1. The molecule has 1 aromatic heterocycles. The first-order chi connectivity index (χ1) is 9.52. The van der Waals surface area contributed by atoms with E-state index < -0.39 is 5.97 Å². The Bertz CT molecular complexity index is 615. The van der Waals surface area contributed by atoms with E-state index in [1.807, 2.05) is 38.1 Å². The van der Waals surface area contributed by atoms with Crippen molar-refractivity contribution in [1.82, 2.24) is 9.78 Å². The van der Waals surface area contributed by atoms with Gasteiger partial charge in [0.25, 0.3) is 0 Å². The zero-order valence-electron chi connectivity index (χ0n) is 11.9. The second kappa shape index (κ2) is 5.77. The van der Waals surface area contributed by atoms with E-state index in [1.165, 1.54) is 0 Å². The normalized spacial score (nSPS) is 10.6. The number of carboxylic acids is 1. The topological polar surface area (TPSA) is 64.4 Å². The fraction of sp³-hybridized carbons (Fsp3) is 0.333. The van der Waals surface area contributed by atoms with Crippen LogP contribution in [0.25, 0.3) is 11.1 Å². The van der Waals surface area contributed by atoms with Gasteiger partial charge in [-0.25, -0.2) is 0 Å². The van der Waals surface area contributed by atoms with E-state index in [2.05, 4.69) is 5.10 Å². The molecule has 1 N–H and O–H groups in total. The Kier molecular flexibility index (Phi) is 4.08. The van der Waals surface area contributed by atoms with E-state index in [0.717, 1.165) is 28.3 Å². The van der Waals surface area contributed by atoms with E-state index in [9.17, 15) is 4.79 Å². The van der Waals surface area contributed by atoms with Crippen LogP contribution in [-0.4, -0.2) is 28.0 Å². The maximum atomic E-state index is 10.7. The quantitative estimate of drug-likeness (QED) is 0.910. The van der Waals surface area contributed by atoms with Crippen molar-refractivity contribution < 1.29 is 14.6 Å². The SMILES string of the molecule is COc1ccc(-c2c(C)nn(CCC(=O)O)c2C)cc1. The van der Waals surface area contributed by atoms with Crippen LogP contribution in [0, 0.1) is 13.8 Å². The van der Waals surface area contributed by atoms with E-state index in [4.69, 9.17) is 9.84 Å². The number of methoxy groups -OCH3 is 1. The number of hydrogen-bond donors (Lipinski definition) is 1. The largest absolute Gasteiger partial charge is 0.497 e. The molecule has 0 aliphatic heterocycles. The summed E-state index contributed by atoms with van der Waals surface area (Å²) in [4.78, 5) is 10.7. The molecule has 0 fully saturated rings. The fourth-order valence-electron chi connectivity index (χ4n) is 2.29. The fourth-order valence-corrected chi connectivity index (χ4v) is 2.29. The van der Waals surface area contributed by atoms with Crippen molar-refractivity contribution in [2.45, 2.75) is 26.8 Å². The summed E-state index contributed by atoms with van der Waals surface area (Å²) in [5, 5.41) is 13.2. The number of aromatic nitrogens is 2. The van der Waals surface area contributed by atoms with Gasteiger partial charge >= 0.3 is 5.97 Å². The summed E-state index contributed by atoms with van der Waals surface area (Å²) < 4.78 is 6.90. The van der Waals surface area contributed by atoms with Gasteiger partial charge in [-0.05, 0) is 31.5 Å². The molecule has 0 saturated carbocycles. The third kappa shape index (κ3) is 2.82. The number of nitrogens with zero attached hydrogens (tertiary/aromatic N) is 2. The van der Waals surface area contributed by atoms with Crippen LogP contribution in [0.1, 0.15) is 17.8 Å². The lowest BCUT2D eigenvalue weighted by atomic mass is 10.0. The van der Waals surface area contributed by atoms with Crippen LogP contribution in [0.15, 0.2) is 24.3 Å². The molecule has 0 bridgehead atoms. The van der Waals surface area contributed by atoms with Crippen molar-refractivity contribution in [2.75, 3.05) is 7.11 Å². The highest BCUT2D eigenvalue weighted by atomic mass is 16.5. The molecule has 5 nitrogen and oxygen atoms in total. The van der Waals surface area contributed by atoms with Gasteiger partial charge in [0, 0.05) is 11.3 Å². The number of carbonyl (C=O) groups is 1. The predicted molar refractivity (Wildman–Crippen MR) is 75.9 cm³/mol. The van der Waals surface area contributed by atoms with Crippen LogP contribution in [-0.2, 0) is 11.3 Å². The van der Waals surface area contributed by atoms with Crippen molar-refractivity contribution in [1.29, 1.82) is 0 Å². The smallest absolute Gasteiger partial charge is 0.305 e. The Labute approximate surface area is 117 Å². The Morgan fingerprint density at radius 1 is 1.30 bits per heavy atom. The number of aliphatic carboxylic acids is 1. The average Bonchev–Trinajstić information content (AvgIpc) is 2.71. The van der Waals surface area contributed by atoms with Gasteiger partial charge in [-0.3, -0.25) is 9.48 Å². The molecule has 5 heteroatoms. The highest BCUT2D eigenvalue weighted by Crippen LogP contribution is 2.28. The lowest BCUT2D eigenvalue weighted by Crippen LogP contribution is -2.07. The van der Waals surface area contributed by atoms with E-state index >= 15 is 0 Å². The summed E-state index contributed by atoms with van der Waals surface area (Å²) in [7, 11) is 1.63. The maximum Gasteiger partial charge on any atom is 0.305 e. The van der Waals surface area contributed by atoms with Crippen molar-refractivity contribution in [3.8, 4) is 16.9 Å². The predicted octanol–water partition coefficient (Wildman–Crippen LogP) is 2.65. The standard InChI is InChI=1S/C15H18N2O3/c1-10-15(12-4-6-13(20-3)7-5-12)11(2)17(16-10)9-8-14(18)19/h4-7H,8-9H2,1-3H3,(H,18,19). The van der Waals surface area contributed by atoms with Crippen molar-refractivity contribution in [3.05, 3.63) is 35.7 Å². The lowest BCUT2D eigenvalue weighted by Gasteiger charge is -2.05. The van der Waals surface area contributed by atoms with Crippen LogP contribution in [0.4, 0.5) is 0 Å². The van der Waals surface area contributed by atoms with E-state index in [0.29, 0.717) is 6.54 Å². The Hall–Kier alpha value is -2.30. The van der Waals surface area contributed by atoms with Gasteiger partial charge in [0.15, 0.2) is 0 Å². The van der Waals surface area contributed by atoms with E-state index in [1.54, 1.807) is 11.8 Å². The first-order valence-corrected chi connectivity index (χ1v) is 6.43. The van der Waals surface area contributed by atoms with Gasteiger partial charge in [0.05, 0.1) is 25.8 Å². The summed E-state index contributed by atoms with van der Waals surface area (Å²) in [5.41, 5.74) is 3.99. The van der Waals surface area contributed by atoms with Gasteiger partial charge in [0.2, 0.25) is 0 Å². The molecule has 0 radical (unpaired) electrons. The summed E-state index contributed by atoms with van der Waals surface area (Å²) in [5.74, 6) is -0.00845. The van der Waals surface area contributed by atoms with Crippen LogP contribution in [0.5, 0.6) is 5.75 Å². The van der Waals surface area contributed by atoms with Crippen molar-refractivity contribution >= 4 is 5.97 Å². The number of carboxylic acid groups (broad SMARTS) is 1. The van der Waals surface area contributed by atoms with Crippen LogP contribution >= 0.6 is 0 Å². The summed E-state index contributed by atoms with van der Waals surface area (Å²) in [6, 6.07) is 7.78. The van der Waals surface area contributed by atoms with Crippen molar-refractivity contribution in [3.63, 3.8) is 0 Å². The highest BCUT2D eigenvalue weighted by molar-refractivity contribution is 5.69. The van der Waals surface area contributed by atoms with Crippen LogP contribution < -0.4 is 4.74 Å². The molecule has 0 aliphatic rings. The second-order valence-corrected chi connectivity index (χ2v) is 4.64. The van der Waals surface area contributed by atoms with Gasteiger partial charge in [0.1, 0.15) is 5.75 Å².